The minimum Gasteiger partial charge on any atom is -0.452 e. The van der Waals surface area contributed by atoms with Gasteiger partial charge in [0.05, 0.1) is 6.20 Å². The van der Waals surface area contributed by atoms with Crippen molar-refractivity contribution < 1.29 is 5.84 Å². The lowest BCUT2D eigenvalue weighted by Crippen LogP contribution is -1.38. The van der Waals surface area contributed by atoms with Crippen LogP contribution in [0.2, 0.25) is 0 Å². The van der Waals surface area contributed by atoms with Crippen LogP contribution >= 0.6 is 0 Å². The van der Waals surface area contributed by atoms with Gasteiger partial charge in [-0.25, -0.2) is 4.98 Å². The molecule has 0 atom stereocenters. The zero-order chi connectivity index (χ0) is 3.54. The average molecular weight is 70.1 g/mol. The number of nitrogens with zero attached hydrogens (tertiary/aromatic N) is 1. The number of hydrogen-bond donors (Lipinski definition) is 0. The minimum absolute atomic E-state index is 0. The lowest BCUT2D eigenvalue weighted by molar-refractivity contribution is 0.558. The van der Waals surface area contributed by atoms with E-state index in [1.807, 2.05) is 0 Å². The number of oxazole rings is 1. The Morgan fingerprint density at radius 1 is 1.80 bits per heavy atom. The quantitative estimate of drug-likeness (QED) is 0.451. The predicted molar refractivity (Wildman–Crippen MR) is 17.6 cm³/mol. The van der Waals surface area contributed by atoms with Crippen molar-refractivity contribution in [3.63, 3.8) is 0 Å². The van der Waals surface area contributed by atoms with E-state index in [2.05, 4.69) is 9.40 Å². The van der Waals surface area contributed by atoms with Gasteiger partial charge < -0.3 is 4.42 Å². The summed E-state index contributed by atoms with van der Waals surface area (Å²) in [4.78, 5) is 3.56. The summed E-state index contributed by atoms with van der Waals surface area (Å²) >= 11 is 0. The third-order valence-electron chi connectivity index (χ3n) is 0.347. The molecule has 2 heteroatoms. The zero-order valence-electron chi connectivity index (χ0n) is 3.59. The van der Waals surface area contributed by atoms with Crippen molar-refractivity contribution in [1.29, 1.82) is 0 Å². The van der Waals surface area contributed by atoms with E-state index in [0.29, 0.717) is 0 Å². The molecule has 0 radical (unpaired) electrons. The van der Waals surface area contributed by atoms with Crippen molar-refractivity contribution in [3.8, 4) is 0 Å². The van der Waals surface area contributed by atoms with Gasteiger partial charge in [0.25, 0.3) is 0 Å². The second-order valence-electron chi connectivity index (χ2n) is 0.676. The third-order valence-corrected chi connectivity index (χ3v) is 0.347. The maximum Gasteiger partial charge on any atom is 1.00 e. The minimum atomic E-state index is 0. The van der Waals surface area contributed by atoms with Crippen LogP contribution in [-0.4, -0.2) is 4.98 Å². The van der Waals surface area contributed by atoms with Gasteiger partial charge >= 0.3 is 1.43 Å². The van der Waals surface area contributed by atoms with E-state index in [0.717, 1.165) is 0 Å². The topological polar surface area (TPSA) is 26.0 Å². The Bertz CT molecular complexity index is 67.3. The Morgan fingerprint density at radius 2 is 2.80 bits per heavy atom. The zero-order valence-corrected chi connectivity index (χ0v) is 2.59. The highest BCUT2D eigenvalue weighted by Crippen LogP contribution is 1.72. The van der Waals surface area contributed by atoms with E-state index >= 15 is 0 Å². The van der Waals surface area contributed by atoms with Crippen molar-refractivity contribution >= 4 is 0 Å². The van der Waals surface area contributed by atoms with Crippen molar-refractivity contribution in [2.75, 3.05) is 0 Å². The molecule has 0 aromatic carbocycles. The summed E-state index contributed by atoms with van der Waals surface area (Å²) in [6, 6.07) is 0. The summed E-state index contributed by atoms with van der Waals surface area (Å²) in [6.07, 6.45) is 4.47. The smallest absolute Gasteiger partial charge is 0.452 e. The first-order valence-electron chi connectivity index (χ1n) is 1.32. The fraction of sp³-hybridized carbons (Fsp3) is 0. The van der Waals surface area contributed by atoms with E-state index in [1.54, 1.807) is 6.20 Å². The van der Waals surface area contributed by atoms with Crippen molar-refractivity contribution in [1.82, 2.24) is 4.98 Å². The van der Waals surface area contributed by atoms with Crippen LogP contribution in [-0.2, 0) is 0 Å². The van der Waals surface area contributed by atoms with Gasteiger partial charge in [0, 0.05) is 0 Å². The Hall–Kier alpha value is -0.790. The van der Waals surface area contributed by atoms with E-state index in [1.165, 1.54) is 12.7 Å². The van der Waals surface area contributed by atoms with Crippen LogP contribution in [0.25, 0.3) is 0 Å². The number of aromatic nitrogens is 1. The van der Waals surface area contributed by atoms with Gasteiger partial charge in [-0.15, -0.1) is 0 Å². The van der Waals surface area contributed by atoms with Crippen molar-refractivity contribution in [3.05, 3.63) is 18.9 Å². The molecule has 0 fully saturated rings. The maximum absolute atomic E-state index is 4.47. The molecule has 26 valence electrons. The van der Waals surface area contributed by atoms with Gasteiger partial charge in [-0.1, -0.05) is 0 Å². The Morgan fingerprint density at radius 3 is 3.00 bits per heavy atom. The summed E-state index contributed by atoms with van der Waals surface area (Å²) < 4.78 is 4.47. The van der Waals surface area contributed by atoms with E-state index in [9.17, 15) is 0 Å². The largest absolute Gasteiger partial charge is 1.00 e. The first kappa shape index (κ1) is 2.45. The number of hydrogen-bond acceptors (Lipinski definition) is 2. The van der Waals surface area contributed by atoms with Crippen molar-refractivity contribution in [2.24, 2.45) is 0 Å². The number of rotatable bonds is 0. The molecule has 0 spiro atoms. The lowest BCUT2D eigenvalue weighted by atomic mass is 11.0. The van der Waals surface area contributed by atoms with Gasteiger partial charge in [0.15, 0.2) is 6.39 Å². The molecule has 1 aromatic rings. The molecule has 0 aliphatic carbocycles. The predicted octanol–water partition coefficient (Wildman–Crippen LogP) is 0.787. The fourth-order valence-corrected chi connectivity index (χ4v) is 0.176. The summed E-state index contributed by atoms with van der Waals surface area (Å²) in [5, 5.41) is 0. The summed E-state index contributed by atoms with van der Waals surface area (Å²) in [5.41, 5.74) is 0. The highest BCUT2D eigenvalue weighted by molar-refractivity contribution is 4.56. The highest BCUT2D eigenvalue weighted by atomic mass is 16.3. The van der Waals surface area contributed by atoms with Crippen LogP contribution in [0.3, 0.4) is 0 Å². The average Bonchev–Trinajstić information content (AvgIpc) is 1.76. The maximum atomic E-state index is 4.47. The molecule has 0 saturated heterocycles. The molecule has 0 aliphatic rings. The Kier molecular flexibility index (Phi) is 0.433. The molecule has 5 heavy (non-hydrogen) atoms. The Labute approximate surface area is 30.9 Å². The van der Waals surface area contributed by atoms with E-state index in [4.69, 9.17) is 0 Å². The highest BCUT2D eigenvalue weighted by Gasteiger charge is 1.59. The van der Waals surface area contributed by atoms with Crippen LogP contribution in [0.4, 0.5) is 0 Å². The van der Waals surface area contributed by atoms with E-state index < -0.39 is 0 Å². The molecule has 0 N–H and O–H groups in total. The molecular weight excluding hydrogens is 66.0 g/mol. The first-order valence-corrected chi connectivity index (χ1v) is 1.32. The van der Waals surface area contributed by atoms with E-state index in [-0.39, 0.29) is 1.43 Å². The third kappa shape index (κ3) is 0.265. The normalized spacial score (nSPS) is 8.00. The summed E-state index contributed by atoms with van der Waals surface area (Å²) in [7, 11) is 0. The molecule has 1 aromatic heterocycles. The van der Waals surface area contributed by atoms with Crippen LogP contribution in [0.5, 0.6) is 0 Å². The second-order valence-corrected chi connectivity index (χ2v) is 0.676. The molecular formula is C3H4NO+. The summed E-state index contributed by atoms with van der Waals surface area (Å²) in [6.45, 7) is 0. The molecule has 0 bridgehead atoms. The summed E-state index contributed by atoms with van der Waals surface area (Å²) in [5.74, 6) is 0. The Balaban J connectivity index is 0.000000250. The molecule has 0 saturated carbocycles. The van der Waals surface area contributed by atoms with Crippen molar-refractivity contribution in [2.45, 2.75) is 0 Å². The molecule has 1 heterocycles. The lowest BCUT2D eigenvalue weighted by Gasteiger charge is -1.47. The van der Waals surface area contributed by atoms with Gasteiger partial charge in [-0.2, -0.15) is 0 Å². The standard InChI is InChI=1S/C3H3NO/c1-2-5-3-4-1/h1-3H/p+1. The fourth-order valence-electron chi connectivity index (χ4n) is 0.176. The van der Waals surface area contributed by atoms with Gasteiger partial charge in [-0.05, 0) is 0 Å². The van der Waals surface area contributed by atoms with Gasteiger partial charge in [-0.3, -0.25) is 0 Å². The molecule has 0 amide bonds. The molecule has 2 nitrogen and oxygen atoms in total. The molecule has 0 aliphatic heterocycles. The van der Waals surface area contributed by atoms with Gasteiger partial charge in [0.1, 0.15) is 6.26 Å². The van der Waals surface area contributed by atoms with Crippen LogP contribution < -0.4 is 0 Å². The second kappa shape index (κ2) is 0.885. The van der Waals surface area contributed by atoms with Crippen LogP contribution in [0, 0.1) is 0 Å². The monoisotopic (exact) mass is 70.0 g/mol. The molecule has 1 rings (SSSR count). The van der Waals surface area contributed by atoms with Gasteiger partial charge in [0.2, 0.25) is 0 Å². The first-order chi connectivity index (χ1) is 2.50. The van der Waals surface area contributed by atoms with Crippen LogP contribution in [0.15, 0.2) is 23.3 Å². The SMILES string of the molecule is [H+].c1cocn1. The van der Waals surface area contributed by atoms with Crippen LogP contribution in [0.1, 0.15) is 1.43 Å². The molecule has 0 unspecified atom stereocenters.